The minimum absolute atomic E-state index is 0.0741. The van der Waals surface area contributed by atoms with Crippen molar-refractivity contribution in [2.75, 3.05) is 12.8 Å². The largest absolute Gasteiger partial charge is 0.311 e. The van der Waals surface area contributed by atoms with Crippen molar-refractivity contribution in [1.82, 2.24) is 10.3 Å². The van der Waals surface area contributed by atoms with Gasteiger partial charge in [0.25, 0.3) is 0 Å². The number of rotatable bonds is 2. The van der Waals surface area contributed by atoms with Gasteiger partial charge in [0, 0.05) is 30.6 Å². The smallest absolute Gasteiger partial charge is 0.153 e. The summed E-state index contributed by atoms with van der Waals surface area (Å²) < 4.78 is 22.1. The molecular formula is C8H12N2O2S2. The zero-order chi connectivity index (χ0) is 10.2. The lowest BCUT2D eigenvalue weighted by Crippen LogP contribution is -2.22. The molecule has 1 aliphatic rings. The molecule has 1 N–H and O–H groups in total. The van der Waals surface area contributed by atoms with Crippen LogP contribution in [0.4, 0.5) is 0 Å². The van der Waals surface area contributed by atoms with Crippen LogP contribution in [0, 0.1) is 0 Å². The third kappa shape index (κ3) is 2.31. The monoisotopic (exact) mass is 232 g/mol. The highest BCUT2D eigenvalue weighted by atomic mass is 32.2. The van der Waals surface area contributed by atoms with Gasteiger partial charge in [0.2, 0.25) is 0 Å². The van der Waals surface area contributed by atoms with Crippen LogP contribution in [0.1, 0.15) is 15.6 Å². The standard InChI is InChI=1S/C8H12N2O2S2/c1-14(11,12)5-8-10-6-2-3-9-4-7(6)13-8/h9H,2-5H2,1H3. The number of thiazole rings is 1. The molecule has 0 saturated carbocycles. The van der Waals surface area contributed by atoms with Crippen LogP contribution in [-0.4, -0.2) is 26.2 Å². The first-order chi connectivity index (χ1) is 6.54. The normalized spacial score (nSPS) is 16.6. The maximum atomic E-state index is 11.1. The molecule has 0 radical (unpaired) electrons. The van der Waals surface area contributed by atoms with Crippen LogP contribution in [0.5, 0.6) is 0 Å². The molecule has 14 heavy (non-hydrogen) atoms. The summed E-state index contributed by atoms with van der Waals surface area (Å²) >= 11 is 1.51. The molecule has 0 atom stereocenters. The quantitative estimate of drug-likeness (QED) is 0.798. The molecule has 1 aromatic rings. The highest BCUT2D eigenvalue weighted by molar-refractivity contribution is 7.90. The molecule has 0 amide bonds. The molecular weight excluding hydrogens is 220 g/mol. The van der Waals surface area contributed by atoms with E-state index in [1.165, 1.54) is 22.5 Å². The third-order valence-corrected chi connectivity index (χ3v) is 4.11. The summed E-state index contributed by atoms with van der Waals surface area (Å²) in [7, 11) is -2.95. The molecule has 2 rings (SSSR count). The van der Waals surface area contributed by atoms with E-state index in [4.69, 9.17) is 0 Å². The SMILES string of the molecule is CS(=O)(=O)Cc1nc2c(s1)CNCC2. The molecule has 0 aliphatic carbocycles. The molecule has 0 fully saturated rings. The van der Waals surface area contributed by atoms with Gasteiger partial charge < -0.3 is 5.32 Å². The summed E-state index contributed by atoms with van der Waals surface area (Å²) in [6.45, 7) is 1.77. The van der Waals surface area contributed by atoms with Gasteiger partial charge in [0.05, 0.1) is 5.69 Å². The molecule has 6 heteroatoms. The van der Waals surface area contributed by atoms with Crippen LogP contribution in [-0.2, 0) is 28.6 Å². The second-order valence-electron chi connectivity index (χ2n) is 3.47. The summed E-state index contributed by atoms with van der Waals surface area (Å²) in [5, 5.41) is 3.96. The Hall–Kier alpha value is -0.460. The molecule has 78 valence electrons. The number of nitrogens with one attached hydrogen (secondary N) is 1. The van der Waals surface area contributed by atoms with E-state index in [1.807, 2.05) is 0 Å². The van der Waals surface area contributed by atoms with Crippen LogP contribution < -0.4 is 5.32 Å². The Labute approximate surface area is 87.3 Å². The zero-order valence-electron chi connectivity index (χ0n) is 7.91. The first-order valence-corrected chi connectivity index (χ1v) is 7.28. The first-order valence-electron chi connectivity index (χ1n) is 4.40. The summed E-state index contributed by atoms with van der Waals surface area (Å²) in [5.74, 6) is 0.0741. The van der Waals surface area contributed by atoms with Crippen LogP contribution in [0.25, 0.3) is 0 Å². The molecule has 0 spiro atoms. The van der Waals surface area contributed by atoms with Crippen LogP contribution in [0.2, 0.25) is 0 Å². The van der Waals surface area contributed by atoms with E-state index in [9.17, 15) is 8.42 Å². The van der Waals surface area contributed by atoms with Crippen LogP contribution >= 0.6 is 11.3 Å². The Kier molecular flexibility index (Phi) is 2.59. The number of nitrogens with zero attached hydrogens (tertiary/aromatic N) is 1. The lowest BCUT2D eigenvalue weighted by Gasteiger charge is -2.09. The summed E-state index contributed by atoms with van der Waals surface area (Å²) in [4.78, 5) is 5.53. The van der Waals surface area contributed by atoms with Gasteiger partial charge in [0.1, 0.15) is 10.8 Å². The van der Waals surface area contributed by atoms with Crippen molar-refractivity contribution < 1.29 is 8.42 Å². The van der Waals surface area contributed by atoms with E-state index < -0.39 is 9.84 Å². The van der Waals surface area contributed by atoms with Gasteiger partial charge in [-0.1, -0.05) is 0 Å². The number of sulfone groups is 1. The summed E-state index contributed by atoms with van der Waals surface area (Å²) in [6, 6.07) is 0. The Morgan fingerprint density at radius 2 is 2.36 bits per heavy atom. The predicted octanol–water partition coefficient (Wildman–Crippen LogP) is 0.333. The number of hydrogen-bond acceptors (Lipinski definition) is 5. The summed E-state index contributed by atoms with van der Waals surface area (Å²) in [5.41, 5.74) is 1.08. The van der Waals surface area contributed by atoms with E-state index in [2.05, 4.69) is 10.3 Å². The number of hydrogen-bond donors (Lipinski definition) is 1. The lowest BCUT2D eigenvalue weighted by molar-refractivity contribution is 0.600. The van der Waals surface area contributed by atoms with Crippen molar-refractivity contribution in [1.29, 1.82) is 0 Å². The van der Waals surface area contributed by atoms with Crippen LogP contribution in [0.3, 0.4) is 0 Å². The van der Waals surface area contributed by atoms with Gasteiger partial charge in [-0.3, -0.25) is 0 Å². The maximum absolute atomic E-state index is 11.1. The van der Waals surface area contributed by atoms with Gasteiger partial charge in [-0.05, 0) is 0 Å². The molecule has 1 aliphatic heterocycles. The van der Waals surface area contributed by atoms with Gasteiger partial charge >= 0.3 is 0 Å². The van der Waals surface area contributed by atoms with Crippen molar-refractivity contribution in [2.24, 2.45) is 0 Å². The predicted molar refractivity (Wildman–Crippen MR) is 56.1 cm³/mol. The molecule has 0 bridgehead atoms. The van der Waals surface area contributed by atoms with E-state index in [0.29, 0.717) is 0 Å². The fourth-order valence-corrected chi connectivity index (χ4v) is 3.74. The average Bonchev–Trinajstić information content (AvgIpc) is 2.42. The van der Waals surface area contributed by atoms with E-state index in [0.717, 1.165) is 30.2 Å². The van der Waals surface area contributed by atoms with Gasteiger partial charge in [-0.15, -0.1) is 11.3 Å². The van der Waals surface area contributed by atoms with Gasteiger partial charge in [-0.2, -0.15) is 0 Å². The average molecular weight is 232 g/mol. The van der Waals surface area contributed by atoms with Crippen molar-refractivity contribution in [3.8, 4) is 0 Å². The first kappa shape index (κ1) is 10.1. The highest BCUT2D eigenvalue weighted by Crippen LogP contribution is 2.22. The maximum Gasteiger partial charge on any atom is 0.153 e. The third-order valence-electron chi connectivity index (χ3n) is 2.03. The number of fused-ring (bicyclic) bond motifs is 1. The molecule has 1 aromatic heterocycles. The summed E-state index contributed by atoms with van der Waals surface area (Å²) in [6.07, 6.45) is 2.15. The van der Waals surface area contributed by atoms with Crippen molar-refractivity contribution in [3.63, 3.8) is 0 Å². The molecule has 0 unspecified atom stereocenters. The van der Waals surface area contributed by atoms with Gasteiger partial charge in [0.15, 0.2) is 9.84 Å². The van der Waals surface area contributed by atoms with Gasteiger partial charge in [-0.25, -0.2) is 13.4 Å². The molecule has 4 nitrogen and oxygen atoms in total. The van der Waals surface area contributed by atoms with E-state index >= 15 is 0 Å². The van der Waals surface area contributed by atoms with Crippen molar-refractivity contribution in [2.45, 2.75) is 18.7 Å². The lowest BCUT2D eigenvalue weighted by atomic mass is 10.2. The number of aromatic nitrogens is 1. The second-order valence-corrected chi connectivity index (χ2v) is 6.78. The molecule has 0 aromatic carbocycles. The minimum atomic E-state index is -2.95. The van der Waals surface area contributed by atoms with E-state index in [-0.39, 0.29) is 5.75 Å². The zero-order valence-corrected chi connectivity index (χ0v) is 9.54. The molecule has 0 saturated heterocycles. The topological polar surface area (TPSA) is 59.1 Å². The van der Waals surface area contributed by atoms with Crippen molar-refractivity contribution in [3.05, 3.63) is 15.6 Å². The minimum Gasteiger partial charge on any atom is -0.311 e. The van der Waals surface area contributed by atoms with E-state index in [1.54, 1.807) is 0 Å². The fourth-order valence-electron chi connectivity index (χ4n) is 1.46. The highest BCUT2D eigenvalue weighted by Gasteiger charge is 2.16. The fraction of sp³-hybridized carbons (Fsp3) is 0.625. The Balaban J connectivity index is 2.24. The second kappa shape index (κ2) is 3.60. The van der Waals surface area contributed by atoms with Crippen LogP contribution in [0.15, 0.2) is 0 Å². The Morgan fingerprint density at radius 3 is 3.00 bits per heavy atom. The molecule has 2 heterocycles. The Bertz CT molecular complexity index is 413. The Morgan fingerprint density at radius 1 is 1.57 bits per heavy atom. The van der Waals surface area contributed by atoms with Crippen molar-refractivity contribution >= 4 is 21.2 Å².